The molecule has 0 aliphatic carbocycles. The van der Waals surface area contributed by atoms with Gasteiger partial charge in [-0.2, -0.15) is 0 Å². The van der Waals surface area contributed by atoms with Crippen molar-refractivity contribution in [1.29, 1.82) is 0 Å². The maximum atomic E-state index is 13.2. The van der Waals surface area contributed by atoms with Crippen molar-refractivity contribution < 1.29 is 13.5 Å². The van der Waals surface area contributed by atoms with Crippen molar-refractivity contribution in [3.63, 3.8) is 0 Å². The van der Waals surface area contributed by atoms with Crippen molar-refractivity contribution in [3.8, 4) is 0 Å². The summed E-state index contributed by atoms with van der Waals surface area (Å²) in [6.45, 7) is 10.4. The molecule has 0 spiro atoms. The molecule has 0 atom stereocenters. The minimum atomic E-state index is -0.281. The topological polar surface area (TPSA) is 33.3 Å². The molecule has 2 aromatic rings. The highest BCUT2D eigenvalue weighted by Gasteiger charge is 2.13. The minimum Gasteiger partial charge on any atom is -0.381 e. The first kappa shape index (κ1) is 23.2. The highest BCUT2D eigenvalue weighted by molar-refractivity contribution is 5.31. The second-order valence-corrected chi connectivity index (χ2v) is 6.43. The largest absolute Gasteiger partial charge is 0.381 e. The molecule has 0 amide bonds. The van der Waals surface area contributed by atoms with Crippen LogP contribution in [-0.2, 0) is 4.74 Å². The average Bonchev–Trinajstić information content (AvgIpc) is 2.67. The fourth-order valence-electron chi connectivity index (χ4n) is 2.43. The molecule has 0 radical (unpaired) electrons. The van der Waals surface area contributed by atoms with Crippen LogP contribution in [0.15, 0.2) is 48.5 Å². The lowest BCUT2D eigenvalue weighted by atomic mass is 9.99. The monoisotopic (exact) mass is 378 g/mol. The fourth-order valence-corrected chi connectivity index (χ4v) is 2.43. The van der Waals surface area contributed by atoms with Gasteiger partial charge in [0.25, 0.3) is 0 Å². The normalized spacial score (nSPS) is 10.8. The number of nitrogens with one attached hydrogen (secondary N) is 2. The molecule has 27 heavy (non-hydrogen) atoms. The Morgan fingerprint density at radius 2 is 1.33 bits per heavy atom. The van der Waals surface area contributed by atoms with Gasteiger partial charge in [-0.3, -0.25) is 5.43 Å². The lowest BCUT2D eigenvalue weighted by Crippen LogP contribution is -2.37. The van der Waals surface area contributed by atoms with E-state index in [0.29, 0.717) is 12.5 Å². The van der Waals surface area contributed by atoms with Crippen LogP contribution in [0.3, 0.4) is 0 Å². The first-order valence-electron chi connectivity index (χ1n) is 9.63. The number of hydrogen-bond acceptors (Lipinski definition) is 3. The molecule has 150 valence electrons. The molecular formula is C22H32F2N2O. The van der Waals surface area contributed by atoms with Crippen LogP contribution < -0.4 is 10.9 Å². The second-order valence-electron chi connectivity index (χ2n) is 6.43. The second kappa shape index (κ2) is 13.4. The summed E-state index contributed by atoms with van der Waals surface area (Å²) in [6, 6.07) is 12.4. The number of hydrazine groups is 1. The predicted molar refractivity (Wildman–Crippen MR) is 107 cm³/mol. The number of ether oxygens (including phenoxy) is 1. The first-order valence-corrected chi connectivity index (χ1v) is 9.63. The Balaban J connectivity index is 0.00000176. The van der Waals surface area contributed by atoms with E-state index in [4.69, 9.17) is 4.74 Å². The van der Waals surface area contributed by atoms with Crippen LogP contribution in [0.25, 0.3) is 0 Å². The molecule has 5 heteroatoms. The Morgan fingerprint density at radius 3 is 1.78 bits per heavy atom. The molecular weight excluding hydrogens is 346 g/mol. The van der Waals surface area contributed by atoms with Crippen LogP contribution in [0.4, 0.5) is 8.78 Å². The molecule has 0 aliphatic rings. The van der Waals surface area contributed by atoms with Crippen LogP contribution >= 0.6 is 0 Å². The third-order valence-corrected chi connectivity index (χ3v) is 3.69. The Kier molecular flexibility index (Phi) is 11.5. The van der Waals surface area contributed by atoms with Gasteiger partial charge in [0.05, 0.1) is 6.04 Å². The van der Waals surface area contributed by atoms with Gasteiger partial charge in [0.15, 0.2) is 0 Å². The Bertz CT molecular complexity index is 570. The number of halogens is 2. The molecule has 2 N–H and O–H groups in total. The summed E-state index contributed by atoms with van der Waals surface area (Å²) in [7, 11) is 0. The van der Waals surface area contributed by atoms with E-state index in [1.165, 1.54) is 24.3 Å². The van der Waals surface area contributed by atoms with Crippen LogP contribution in [0.1, 0.15) is 51.3 Å². The minimum absolute atomic E-state index is 0.196. The molecule has 2 aromatic carbocycles. The van der Waals surface area contributed by atoms with Crippen molar-refractivity contribution >= 4 is 0 Å². The summed E-state index contributed by atoms with van der Waals surface area (Å²) in [6.07, 6.45) is 0.874. The maximum absolute atomic E-state index is 13.2. The summed E-state index contributed by atoms with van der Waals surface area (Å²) in [5.41, 5.74) is 8.22. The Hall–Kier alpha value is -1.82. The quantitative estimate of drug-likeness (QED) is 0.438. The average molecular weight is 379 g/mol. The van der Waals surface area contributed by atoms with E-state index >= 15 is 0 Å². The van der Waals surface area contributed by atoms with Crippen molar-refractivity contribution in [2.45, 2.75) is 40.2 Å². The van der Waals surface area contributed by atoms with Crippen LogP contribution in [0.5, 0.6) is 0 Å². The van der Waals surface area contributed by atoms with E-state index in [9.17, 15) is 8.78 Å². The van der Waals surface area contributed by atoms with E-state index in [-0.39, 0.29) is 17.7 Å². The molecule has 0 saturated heterocycles. The lowest BCUT2D eigenvalue weighted by Gasteiger charge is -2.20. The molecule has 0 fully saturated rings. The number of hydrogen-bond donors (Lipinski definition) is 2. The van der Waals surface area contributed by atoms with Crippen molar-refractivity contribution in [2.75, 3.05) is 19.8 Å². The van der Waals surface area contributed by atoms with Crippen molar-refractivity contribution in [3.05, 3.63) is 71.3 Å². The summed E-state index contributed by atoms with van der Waals surface area (Å²) in [4.78, 5) is 0. The summed E-state index contributed by atoms with van der Waals surface area (Å²) >= 11 is 0. The van der Waals surface area contributed by atoms with E-state index in [2.05, 4.69) is 24.7 Å². The Labute approximate surface area is 162 Å². The van der Waals surface area contributed by atoms with Gasteiger partial charge in [-0.25, -0.2) is 14.2 Å². The summed E-state index contributed by atoms with van der Waals surface area (Å²) in [5.74, 6) is -0.0267. The van der Waals surface area contributed by atoms with Gasteiger partial charge in [-0.15, -0.1) is 0 Å². The van der Waals surface area contributed by atoms with E-state index in [1.807, 2.05) is 13.8 Å². The van der Waals surface area contributed by atoms with Gasteiger partial charge in [0.1, 0.15) is 11.6 Å². The van der Waals surface area contributed by atoms with Gasteiger partial charge in [0.2, 0.25) is 0 Å². The molecule has 0 bridgehead atoms. The highest BCUT2D eigenvalue weighted by Crippen LogP contribution is 2.22. The van der Waals surface area contributed by atoms with Crippen LogP contribution in [0, 0.1) is 17.6 Å². The number of benzene rings is 2. The SMILES string of the molecule is CC.CC(C)COCCCNNC(c1ccc(F)cc1)c1ccc(F)cc1. The molecule has 0 aromatic heterocycles. The number of rotatable bonds is 10. The fraction of sp³-hybridized carbons (Fsp3) is 0.455. The van der Waals surface area contributed by atoms with Gasteiger partial charge in [-0.1, -0.05) is 52.0 Å². The van der Waals surface area contributed by atoms with Gasteiger partial charge < -0.3 is 4.74 Å². The van der Waals surface area contributed by atoms with Gasteiger partial charge in [0, 0.05) is 19.8 Å². The van der Waals surface area contributed by atoms with E-state index in [1.54, 1.807) is 24.3 Å². The molecule has 0 heterocycles. The maximum Gasteiger partial charge on any atom is 0.123 e. The van der Waals surface area contributed by atoms with E-state index in [0.717, 1.165) is 30.7 Å². The third-order valence-electron chi connectivity index (χ3n) is 3.69. The third kappa shape index (κ3) is 9.09. The smallest absolute Gasteiger partial charge is 0.123 e. The lowest BCUT2D eigenvalue weighted by molar-refractivity contribution is 0.107. The van der Waals surface area contributed by atoms with Gasteiger partial charge >= 0.3 is 0 Å². The standard InChI is InChI=1S/C20H26F2N2O.C2H6/c1-15(2)14-25-13-3-12-23-24-20(16-4-8-18(21)9-5-16)17-6-10-19(22)11-7-17;1-2/h4-11,15,20,23-24H,3,12-14H2,1-2H3;1-2H3. The Morgan fingerprint density at radius 1 is 0.852 bits per heavy atom. The van der Waals surface area contributed by atoms with Gasteiger partial charge in [-0.05, 0) is 47.7 Å². The highest BCUT2D eigenvalue weighted by atomic mass is 19.1. The summed E-state index contributed by atoms with van der Waals surface area (Å²) in [5, 5.41) is 0. The molecule has 0 saturated carbocycles. The zero-order valence-corrected chi connectivity index (χ0v) is 16.8. The zero-order chi connectivity index (χ0) is 20.1. The zero-order valence-electron chi connectivity index (χ0n) is 16.8. The van der Waals surface area contributed by atoms with Crippen LogP contribution in [0.2, 0.25) is 0 Å². The summed E-state index contributed by atoms with van der Waals surface area (Å²) < 4.78 is 31.9. The molecule has 0 unspecified atom stereocenters. The van der Waals surface area contributed by atoms with E-state index < -0.39 is 0 Å². The molecule has 3 nitrogen and oxygen atoms in total. The van der Waals surface area contributed by atoms with Crippen molar-refractivity contribution in [2.24, 2.45) is 5.92 Å². The van der Waals surface area contributed by atoms with Crippen LogP contribution in [-0.4, -0.2) is 19.8 Å². The first-order chi connectivity index (χ1) is 13.1. The molecule has 0 aliphatic heterocycles. The predicted octanol–water partition coefficient (Wildman–Crippen LogP) is 5.24. The molecule has 2 rings (SSSR count). The van der Waals surface area contributed by atoms with Crippen molar-refractivity contribution in [1.82, 2.24) is 10.9 Å².